The number of hydrogen-bond donors (Lipinski definition) is 1. The second kappa shape index (κ2) is 2.80. The van der Waals surface area contributed by atoms with Gasteiger partial charge in [0.1, 0.15) is 0 Å². The summed E-state index contributed by atoms with van der Waals surface area (Å²) in [4.78, 5) is 0. The molecule has 1 nitrogen and oxygen atoms in total. The molecule has 0 radical (unpaired) electrons. The molecule has 0 saturated heterocycles. The molecule has 0 aromatic carbocycles. The average Bonchev–Trinajstić information content (AvgIpc) is 2.96. The van der Waals surface area contributed by atoms with E-state index in [1.807, 2.05) is 0 Å². The maximum Gasteiger partial charge on any atom is 0.0215 e. The Kier molecular flexibility index (Phi) is 1.89. The highest BCUT2D eigenvalue weighted by atomic mass is 14.9. The van der Waals surface area contributed by atoms with E-state index in [1.54, 1.807) is 0 Å². The molecule has 3 rings (SSSR count). The Morgan fingerprint density at radius 1 is 1.00 bits per heavy atom. The van der Waals surface area contributed by atoms with E-state index >= 15 is 0 Å². The van der Waals surface area contributed by atoms with Crippen molar-refractivity contribution in [3.63, 3.8) is 0 Å². The minimum absolute atomic E-state index is 0.283. The van der Waals surface area contributed by atoms with Crippen molar-refractivity contribution in [2.45, 2.75) is 70.8 Å². The quantitative estimate of drug-likeness (QED) is 0.737. The van der Waals surface area contributed by atoms with Gasteiger partial charge in [-0.25, -0.2) is 0 Å². The molecule has 2 N–H and O–H groups in total. The SMILES string of the molecule is CC1(C)CCCC(C2(C3(N)CC3)CC2)C1. The molecule has 3 saturated carbocycles. The number of nitrogens with two attached hydrogens (primary N) is 1. The zero-order valence-corrected chi connectivity index (χ0v) is 10.3. The van der Waals surface area contributed by atoms with Gasteiger partial charge in [0, 0.05) is 5.54 Å². The van der Waals surface area contributed by atoms with Crippen LogP contribution in [0.4, 0.5) is 0 Å². The first kappa shape index (κ1) is 10.1. The molecule has 0 aromatic rings. The monoisotopic (exact) mass is 207 g/mol. The van der Waals surface area contributed by atoms with Crippen molar-refractivity contribution in [3.05, 3.63) is 0 Å². The third-order valence-electron chi connectivity index (χ3n) is 5.56. The lowest BCUT2D eigenvalue weighted by molar-refractivity contribution is 0.101. The van der Waals surface area contributed by atoms with Gasteiger partial charge in [0.05, 0.1) is 0 Å². The molecule has 3 aliphatic rings. The standard InChI is InChI=1S/C14H25N/c1-12(2)5-3-4-11(10-12)13(6-7-13)14(15)8-9-14/h11H,3-10,15H2,1-2H3. The van der Waals surface area contributed by atoms with E-state index in [9.17, 15) is 0 Å². The normalized spacial score (nSPS) is 39.8. The largest absolute Gasteiger partial charge is 0.325 e. The molecule has 1 atom stereocenters. The fraction of sp³-hybridized carbons (Fsp3) is 1.00. The topological polar surface area (TPSA) is 26.0 Å². The Labute approximate surface area is 93.8 Å². The van der Waals surface area contributed by atoms with Gasteiger partial charge in [0.2, 0.25) is 0 Å². The summed E-state index contributed by atoms with van der Waals surface area (Å²) >= 11 is 0. The van der Waals surface area contributed by atoms with Crippen molar-refractivity contribution in [2.24, 2.45) is 22.5 Å². The van der Waals surface area contributed by atoms with Crippen LogP contribution in [0.25, 0.3) is 0 Å². The summed E-state index contributed by atoms with van der Waals surface area (Å²) in [5.41, 5.74) is 7.98. The molecule has 0 spiro atoms. The fourth-order valence-electron chi connectivity index (χ4n) is 4.25. The third-order valence-corrected chi connectivity index (χ3v) is 5.56. The first-order chi connectivity index (χ1) is 6.98. The van der Waals surface area contributed by atoms with E-state index in [0.717, 1.165) is 5.92 Å². The highest BCUT2D eigenvalue weighted by molar-refractivity contribution is 5.21. The van der Waals surface area contributed by atoms with Gasteiger partial charge >= 0.3 is 0 Å². The lowest BCUT2D eigenvalue weighted by atomic mass is 9.64. The van der Waals surface area contributed by atoms with Crippen molar-refractivity contribution in [3.8, 4) is 0 Å². The van der Waals surface area contributed by atoms with Crippen molar-refractivity contribution >= 4 is 0 Å². The molecular weight excluding hydrogens is 182 g/mol. The first-order valence-electron chi connectivity index (χ1n) is 6.77. The van der Waals surface area contributed by atoms with Crippen LogP contribution >= 0.6 is 0 Å². The Morgan fingerprint density at radius 2 is 1.67 bits per heavy atom. The van der Waals surface area contributed by atoms with Crippen LogP contribution in [0.15, 0.2) is 0 Å². The molecule has 1 heteroatoms. The van der Waals surface area contributed by atoms with Crippen LogP contribution in [-0.2, 0) is 0 Å². The van der Waals surface area contributed by atoms with Crippen LogP contribution in [0.3, 0.4) is 0 Å². The number of hydrogen-bond acceptors (Lipinski definition) is 1. The van der Waals surface area contributed by atoms with Gasteiger partial charge in [-0.3, -0.25) is 0 Å². The van der Waals surface area contributed by atoms with Crippen LogP contribution in [0, 0.1) is 16.7 Å². The van der Waals surface area contributed by atoms with E-state index < -0.39 is 0 Å². The summed E-state index contributed by atoms with van der Waals surface area (Å²) in [6.45, 7) is 4.90. The second-order valence-electron chi connectivity index (χ2n) is 7.27. The van der Waals surface area contributed by atoms with Crippen LogP contribution in [-0.4, -0.2) is 5.54 Å². The molecule has 3 aliphatic carbocycles. The van der Waals surface area contributed by atoms with Crippen LogP contribution in [0.2, 0.25) is 0 Å². The number of rotatable bonds is 2. The minimum atomic E-state index is 0.283. The van der Waals surface area contributed by atoms with Gasteiger partial charge in [-0.2, -0.15) is 0 Å². The highest BCUT2D eigenvalue weighted by Gasteiger charge is 2.66. The predicted molar refractivity (Wildman–Crippen MR) is 63.6 cm³/mol. The van der Waals surface area contributed by atoms with Gasteiger partial charge in [-0.15, -0.1) is 0 Å². The molecule has 3 fully saturated rings. The lowest BCUT2D eigenvalue weighted by Crippen LogP contribution is -2.42. The molecule has 0 amide bonds. The smallest absolute Gasteiger partial charge is 0.0215 e. The van der Waals surface area contributed by atoms with Crippen LogP contribution in [0.5, 0.6) is 0 Å². The molecule has 0 aromatic heterocycles. The molecule has 0 heterocycles. The summed E-state index contributed by atoms with van der Waals surface area (Å²) < 4.78 is 0. The van der Waals surface area contributed by atoms with Gasteiger partial charge in [-0.05, 0) is 61.7 Å². The predicted octanol–water partition coefficient (Wildman–Crippen LogP) is 3.47. The molecule has 0 bridgehead atoms. The maximum absolute atomic E-state index is 6.51. The van der Waals surface area contributed by atoms with Crippen molar-refractivity contribution < 1.29 is 0 Å². The van der Waals surface area contributed by atoms with E-state index in [0.29, 0.717) is 10.8 Å². The molecule has 15 heavy (non-hydrogen) atoms. The summed E-state index contributed by atoms with van der Waals surface area (Å²) in [7, 11) is 0. The summed E-state index contributed by atoms with van der Waals surface area (Å²) in [5.74, 6) is 0.953. The van der Waals surface area contributed by atoms with Crippen molar-refractivity contribution in [1.82, 2.24) is 0 Å². The highest BCUT2D eigenvalue weighted by Crippen LogP contribution is 2.69. The summed E-state index contributed by atoms with van der Waals surface area (Å²) in [5, 5.41) is 0. The van der Waals surface area contributed by atoms with E-state index in [1.165, 1.54) is 51.4 Å². The third kappa shape index (κ3) is 1.46. The van der Waals surface area contributed by atoms with Gasteiger partial charge in [-0.1, -0.05) is 20.3 Å². The Balaban J connectivity index is 1.77. The summed E-state index contributed by atoms with van der Waals surface area (Å²) in [6.07, 6.45) is 11.3. The molecule has 86 valence electrons. The Morgan fingerprint density at radius 3 is 2.13 bits per heavy atom. The fourth-order valence-corrected chi connectivity index (χ4v) is 4.25. The Bertz CT molecular complexity index is 271. The maximum atomic E-state index is 6.51. The van der Waals surface area contributed by atoms with Gasteiger partial charge in [0.25, 0.3) is 0 Å². The van der Waals surface area contributed by atoms with Crippen molar-refractivity contribution in [2.75, 3.05) is 0 Å². The molecular formula is C14H25N. The molecule has 1 unspecified atom stereocenters. The van der Waals surface area contributed by atoms with Gasteiger partial charge in [0.15, 0.2) is 0 Å². The van der Waals surface area contributed by atoms with E-state index in [4.69, 9.17) is 5.73 Å². The van der Waals surface area contributed by atoms with Gasteiger partial charge < -0.3 is 5.73 Å². The molecule has 0 aliphatic heterocycles. The van der Waals surface area contributed by atoms with E-state index in [2.05, 4.69) is 13.8 Å². The first-order valence-corrected chi connectivity index (χ1v) is 6.77. The zero-order valence-electron chi connectivity index (χ0n) is 10.3. The van der Waals surface area contributed by atoms with Crippen LogP contribution < -0.4 is 5.73 Å². The van der Waals surface area contributed by atoms with E-state index in [-0.39, 0.29) is 5.54 Å². The van der Waals surface area contributed by atoms with Crippen LogP contribution in [0.1, 0.15) is 65.2 Å². The zero-order chi connectivity index (χ0) is 10.7. The second-order valence-corrected chi connectivity index (χ2v) is 7.27. The minimum Gasteiger partial charge on any atom is -0.325 e. The van der Waals surface area contributed by atoms with Crippen molar-refractivity contribution in [1.29, 1.82) is 0 Å². The lowest BCUT2D eigenvalue weighted by Gasteiger charge is -2.42. The average molecular weight is 207 g/mol. The summed E-state index contributed by atoms with van der Waals surface area (Å²) in [6, 6.07) is 0. The Hall–Kier alpha value is -0.0400.